The smallest absolute Gasteiger partial charge is 0.277 e. The van der Waals surface area contributed by atoms with Gasteiger partial charge in [-0.25, -0.2) is 0 Å². The molecule has 0 radical (unpaired) electrons. The van der Waals surface area contributed by atoms with Crippen molar-refractivity contribution >= 4 is 23.2 Å². The number of imide groups is 1. The topological polar surface area (TPSA) is 102 Å². The van der Waals surface area contributed by atoms with Gasteiger partial charge >= 0.3 is 0 Å². The molecule has 0 atom stereocenters. The molecule has 1 heterocycles. The third-order valence-corrected chi connectivity index (χ3v) is 2.86. The minimum absolute atomic E-state index is 0.0802. The summed E-state index contributed by atoms with van der Waals surface area (Å²) in [5.41, 5.74) is 0.343. The highest BCUT2D eigenvalue weighted by molar-refractivity contribution is 6.17. The number of nitro benzene ring substituents is 1. The molecule has 8 nitrogen and oxygen atoms in total. The number of nitro groups is 1. The zero-order valence-electron chi connectivity index (χ0n) is 11.2. The minimum Gasteiger partial charge on any atom is -0.383 e. The molecular formula is C13H13N3O5. The summed E-state index contributed by atoms with van der Waals surface area (Å²) in [6.45, 7) is 0.403. The van der Waals surface area contributed by atoms with Crippen molar-refractivity contribution in [2.24, 2.45) is 0 Å². The van der Waals surface area contributed by atoms with Crippen molar-refractivity contribution in [2.75, 3.05) is 25.6 Å². The van der Waals surface area contributed by atoms with Crippen LogP contribution in [0.3, 0.4) is 0 Å². The van der Waals surface area contributed by atoms with Gasteiger partial charge in [0, 0.05) is 31.0 Å². The predicted molar refractivity (Wildman–Crippen MR) is 73.4 cm³/mol. The van der Waals surface area contributed by atoms with Gasteiger partial charge in [-0.15, -0.1) is 0 Å². The Morgan fingerprint density at radius 3 is 2.81 bits per heavy atom. The van der Waals surface area contributed by atoms with E-state index in [1.807, 2.05) is 0 Å². The Kier molecular flexibility index (Phi) is 4.29. The van der Waals surface area contributed by atoms with Crippen molar-refractivity contribution in [3.8, 4) is 0 Å². The van der Waals surface area contributed by atoms with Gasteiger partial charge in [-0.2, -0.15) is 0 Å². The zero-order valence-corrected chi connectivity index (χ0v) is 11.2. The maximum Gasteiger partial charge on any atom is 0.277 e. The number of benzene rings is 1. The van der Waals surface area contributed by atoms with Crippen LogP contribution < -0.4 is 5.32 Å². The van der Waals surface area contributed by atoms with E-state index in [1.54, 1.807) is 6.07 Å². The lowest BCUT2D eigenvalue weighted by Gasteiger charge is -2.14. The first-order chi connectivity index (χ1) is 10.0. The lowest BCUT2D eigenvalue weighted by molar-refractivity contribution is -0.384. The normalized spacial score (nSPS) is 14.3. The maximum absolute atomic E-state index is 12.0. The molecule has 0 aromatic heterocycles. The number of hydrogen-bond donors (Lipinski definition) is 1. The van der Waals surface area contributed by atoms with E-state index in [1.165, 1.54) is 25.3 Å². The van der Waals surface area contributed by atoms with Gasteiger partial charge in [-0.05, 0) is 6.07 Å². The van der Waals surface area contributed by atoms with E-state index in [2.05, 4.69) is 5.32 Å². The van der Waals surface area contributed by atoms with E-state index in [0.717, 1.165) is 11.0 Å². The Balaban J connectivity index is 2.12. The average molecular weight is 291 g/mol. The van der Waals surface area contributed by atoms with Crippen LogP contribution in [-0.2, 0) is 14.3 Å². The molecule has 1 N–H and O–H groups in total. The molecule has 0 saturated heterocycles. The fourth-order valence-electron chi connectivity index (χ4n) is 1.85. The number of amides is 2. The number of hydrogen-bond acceptors (Lipinski definition) is 6. The highest BCUT2D eigenvalue weighted by atomic mass is 16.6. The summed E-state index contributed by atoms with van der Waals surface area (Å²) in [5, 5.41) is 13.4. The second-order valence-electron chi connectivity index (χ2n) is 4.28. The molecule has 0 spiro atoms. The number of non-ortho nitro benzene ring substituents is 1. The van der Waals surface area contributed by atoms with Crippen molar-refractivity contribution in [2.45, 2.75) is 0 Å². The first-order valence-corrected chi connectivity index (χ1v) is 6.11. The molecule has 1 aliphatic heterocycles. The number of nitrogens with zero attached hydrogens (tertiary/aromatic N) is 2. The van der Waals surface area contributed by atoms with Crippen molar-refractivity contribution in [3.63, 3.8) is 0 Å². The van der Waals surface area contributed by atoms with Gasteiger partial charge in [0.2, 0.25) is 0 Å². The molecule has 2 amide bonds. The van der Waals surface area contributed by atoms with Gasteiger partial charge in [0.25, 0.3) is 17.5 Å². The quantitative estimate of drug-likeness (QED) is 0.475. The van der Waals surface area contributed by atoms with Gasteiger partial charge < -0.3 is 10.1 Å². The molecule has 0 bridgehead atoms. The summed E-state index contributed by atoms with van der Waals surface area (Å²) in [6.07, 6.45) is 1.16. The highest BCUT2D eigenvalue weighted by Gasteiger charge is 2.30. The average Bonchev–Trinajstić information content (AvgIpc) is 2.72. The number of rotatable bonds is 6. The molecule has 8 heteroatoms. The number of carbonyl (C=O) groups excluding carboxylic acids is 2. The van der Waals surface area contributed by atoms with Crippen LogP contribution in [0, 0.1) is 10.1 Å². The molecule has 1 aromatic carbocycles. The Labute approximate surface area is 120 Å². The van der Waals surface area contributed by atoms with E-state index in [9.17, 15) is 19.7 Å². The number of carbonyl (C=O) groups is 2. The summed E-state index contributed by atoms with van der Waals surface area (Å²) in [6, 6.07) is 5.69. The zero-order chi connectivity index (χ0) is 15.4. The maximum atomic E-state index is 12.0. The first kappa shape index (κ1) is 14.7. The lowest BCUT2D eigenvalue weighted by atomic mass is 10.2. The second-order valence-corrected chi connectivity index (χ2v) is 4.28. The second kappa shape index (κ2) is 6.14. The molecule has 0 aliphatic carbocycles. The predicted octanol–water partition coefficient (Wildman–Crippen LogP) is 0.906. The molecule has 1 aliphatic rings. The van der Waals surface area contributed by atoms with Crippen LogP contribution in [0.1, 0.15) is 0 Å². The Bertz CT molecular complexity index is 626. The SMILES string of the molecule is COCCN1C(=O)C=C(Nc2cccc([N+](=O)[O-])c2)C1=O. The summed E-state index contributed by atoms with van der Waals surface area (Å²) >= 11 is 0. The van der Waals surface area contributed by atoms with Crippen LogP contribution in [0.25, 0.3) is 0 Å². The molecular weight excluding hydrogens is 278 g/mol. The van der Waals surface area contributed by atoms with E-state index in [4.69, 9.17) is 4.74 Å². The fourth-order valence-corrected chi connectivity index (χ4v) is 1.85. The molecule has 0 saturated carbocycles. The number of anilines is 1. The standard InChI is InChI=1S/C13H13N3O5/c1-21-6-5-15-12(17)8-11(13(15)18)14-9-3-2-4-10(7-9)16(19)20/h2-4,7-8,14H,5-6H2,1H3. The largest absolute Gasteiger partial charge is 0.383 e. The molecule has 2 rings (SSSR count). The van der Waals surface area contributed by atoms with Gasteiger partial charge in [-0.1, -0.05) is 6.07 Å². The summed E-state index contributed by atoms with van der Waals surface area (Å²) in [5.74, 6) is -0.923. The highest BCUT2D eigenvalue weighted by Crippen LogP contribution is 2.21. The molecule has 21 heavy (non-hydrogen) atoms. The van der Waals surface area contributed by atoms with Crippen molar-refractivity contribution in [1.29, 1.82) is 0 Å². The number of nitrogens with one attached hydrogen (secondary N) is 1. The van der Waals surface area contributed by atoms with E-state index < -0.39 is 16.7 Å². The monoisotopic (exact) mass is 291 g/mol. The van der Waals surface area contributed by atoms with Crippen LogP contribution in [0.4, 0.5) is 11.4 Å². The van der Waals surface area contributed by atoms with Gasteiger partial charge in [-0.3, -0.25) is 24.6 Å². The van der Waals surface area contributed by atoms with Gasteiger partial charge in [0.1, 0.15) is 5.70 Å². The Morgan fingerprint density at radius 2 is 2.14 bits per heavy atom. The molecule has 0 fully saturated rings. The summed E-state index contributed by atoms with van der Waals surface area (Å²) in [7, 11) is 1.47. The number of methoxy groups -OCH3 is 1. The van der Waals surface area contributed by atoms with E-state index in [-0.39, 0.29) is 24.5 Å². The third-order valence-electron chi connectivity index (χ3n) is 2.86. The third kappa shape index (κ3) is 3.23. The molecule has 0 unspecified atom stereocenters. The van der Waals surface area contributed by atoms with Crippen LogP contribution in [0.5, 0.6) is 0 Å². The first-order valence-electron chi connectivity index (χ1n) is 6.11. The van der Waals surface area contributed by atoms with Crippen LogP contribution in [0.15, 0.2) is 36.0 Å². The Morgan fingerprint density at radius 1 is 1.38 bits per heavy atom. The van der Waals surface area contributed by atoms with Crippen LogP contribution in [0.2, 0.25) is 0 Å². The number of ether oxygens (including phenoxy) is 1. The van der Waals surface area contributed by atoms with E-state index in [0.29, 0.717) is 5.69 Å². The van der Waals surface area contributed by atoms with Crippen molar-refractivity contribution in [3.05, 3.63) is 46.2 Å². The Hall–Kier alpha value is -2.74. The van der Waals surface area contributed by atoms with Crippen LogP contribution in [-0.4, -0.2) is 41.9 Å². The van der Waals surface area contributed by atoms with E-state index >= 15 is 0 Å². The van der Waals surface area contributed by atoms with Crippen molar-refractivity contribution < 1.29 is 19.2 Å². The fraction of sp³-hybridized carbons (Fsp3) is 0.231. The summed E-state index contributed by atoms with van der Waals surface area (Å²) in [4.78, 5) is 34.9. The van der Waals surface area contributed by atoms with Gasteiger partial charge in [0.15, 0.2) is 0 Å². The van der Waals surface area contributed by atoms with Crippen LogP contribution >= 0.6 is 0 Å². The molecule has 1 aromatic rings. The van der Waals surface area contributed by atoms with Gasteiger partial charge in [0.05, 0.1) is 18.1 Å². The summed E-state index contributed by atoms with van der Waals surface area (Å²) < 4.78 is 4.83. The van der Waals surface area contributed by atoms with Crippen molar-refractivity contribution in [1.82, 2.24) is 4.90 Å². The molecule has 110 valence electrons. The lowest BCUT2D eigenvalue weighted by Crippen LogP contribution is -2.34. The minimum atomic E-state index is -0.536.